The van der Waals surface area contributed by atoms with Gasteiger partial charge in [0.1, 0.15) is 0 Å². The van der Waals surface area contributed by atoms with E-state index in [1.807, 2.05) is 6.92 Å². The van der Waals surface area contributed by atoms with Crippen LogP contribution in [0.3, 0.4) is 0 Å². The molecule has 1 heterocycles. The third-order valence-electron chi connectivity index (χ3n) is 3.39. The lowest BCUT2D eigenvalue weighted by Crippen LogP contribution is -2.30. The number of Topliss-reactive ketones (excluding diaryl/α,β-unsaturated/α-hetero) is 1. The monoisotopic (exact) mass is 268 g/mol. The van der Waals surface area contributed by atoms with Gasteiger partial charge < -0.3 is 4.74 Å². The first kappa shape index (κ1) is 13.4. The van der Waals surface area contributed by atoms with Crippen molar-refractivity contribution < 1.29 is 13.9 Å². The summed E-state index contributed by atoms with van der Waals surface area (Å²) in [6.07, 6.45) is 2.31. The maximum absolute atomic E-state index is 13.5. The molecular formula is C14H17FO2S. The smallest absolute Gasteiger partial charge is 0.165 e. The average Bonchev–Trinajstić information content (AvgIpc) is 2.78. The summed E-state index contributed by atoms with van der Waals surface area (Å²) in [5.41, 5.74) is 0.715. The molecule has 0 spiro atoms. The summed E-state index contributed by atoms with van der Waals surface area (Å²) in [7, 11) is 1.43. The normalized spacial score (nSPS) is 23.1. The highest BCUT2D eigenvalue weighted by molar-refractivity contribution is 8.01. The molecule has 0 saturated carbocycles. The summed E-state index contributed by atoms with van der Waals surface area (Å²) in [4.78, 5) is 12.2. The molecule has 0 amide bonds. The lowest BCUT2D eigenvalue weighted by atomic mass is 9.95. The second-order valence-electron chi connectivity index (χ2n) is 4.75. The molecule has 1 aromatic carbocycles. The van der Waals surface area contributed by atoms with Gasteiger partial charge in [-0.15, -0.1) is 11.8 Å². The molecule has 1 aromatic rings. The minimum atomic E-state index is -0.410. The fourth-order valence-corrected chi connectivity index (χ4v) is 3.45. The largest absolute Gasteiger partial charge is 0.494 e. The number of hydrogen-bond acceptors (Lipinski definition) is 3. The minimum Gasteiger partial charge on any atom is -0.494 e. The third kappa shape index (κ3) is 2.69. The van der Waals surface area contributed by atoms with Crippen molar-refractivity contribution in [3.8, 4) is 5.75 Å². The first-order valence-corrected chi connectivity index (χ1v) is 7.03. The first-order valence-electron chi connectivity index (χ1n) is 6.05. The zero-order chi connectivity index (χ0) is 13.2. The van der Waals surface area contributed by atoms with Gasteiger partial charge in [-0.25, -0.2) is 4.39 Å². The fourth-order valence-electron chi connectivity index (χ4n) is 2.19. The van der Waals surface area contributed by atoms with Crippen LogP contribution in [0.25, 0.3) is 0 Å². The average molecular weight is 268 g/mol. The Morgan fingerprint density at radius 2 is 2.33 bits per heavy atom. The summed E-state index contributed by atoms with van der Waals surface area (Å²) in [6.45, 7) is 1.99. The molecule has 0 N–H and O–H groups in total. The Morgan fingerprint density at radius 1 is 1.56 bits per heavy atom. The van der Waals surface area contributed by atoms with Crippen LogP contribution in [0.15, 0.2) is 18.2 Å². The zero-order valence-electron chi connectivity index (χ0n) is 10.7. The molecule has 98 valence electrons. The van der Waals surface area contributed by atoms with E-state index >= 15 is 0 Å². The van der Waals surface area contributed by atoms with Crippen molar-refractivity contribution in [2.75, 3.05) is 12.9 Å². The molecule has 1 saturated heterocycles. The second-order valence-corrected chi connectivity index (χ2v) is 6.35. The molecule has 2 nitrogen and oxygen atoms in total. The topological polar surface area (TPSA) is 26.3 Å². The van der Waals surface area contributed by atoms with Crippen LogP contribution in [0.1, 0.15) is 25.3 Å². The van der Waals surface area contributed by atoms with E-state index in [2.05, 4.69) is 0 Å². The number of methoxy groups -OCH3 is 1. The van der Waals surface area contributed by atoms with E-state index in [9.17, 15) is 9.18 Å². The van der Waals surface area contributed by atoms with Crippen LogP contribution in [0.2, 0.25) is 0 Å². The number of carbonyl (C=O) groups is 1. The summed E-state index contributed by atoms with van der Waals surface area (Å²) < 4.78 is 18.1. The van der Waals surface area contributed by atoms with E-state index < -0.39 is 5.82 Å². The van der Waals surface area contributed by atoms with Crippen molar-refractivity contribution in [1.82, 2.24) is 0 Å². The summed E-state index contributed by atoms with van der Waals surface area (Å²) >= 11 is 1.72. The number of ether oxygens (including phenoxy) is 1. The Balaban J connectivity index is 2.09. The number of thioether (sulfide) groups is 1. The molecule has 1 aliphatic rings. The lowest BCUT2D eigenvalue weighted by Gasteiger charge is -2.20. The van der Waals surface area contributed by atoms with Gasteiger partial charge in [0.2, 0.25) is 0 Å². The highest BCUT2D eigenvalue weighted by Gasteiger charge is 2.36. The quantitative estimate of drug-likeness (QED) is 0.838. The van der Waals surface area contributed by atoms with E-state index in [-0.39, 0.29) is 16.3 Å². The Kier molecular flexibility index (Phi) is 3.95. The van der Waals surface area contributed by atoms with E-state index in [1.165, 1.54) is 13.2 Å². The van der Waals surface area contributed by atoms with Gasteiger partial charge >= 0.3 is 0 Å². The van der Waals surface area contributed by atoms with Crippen molar-refractivity contribution >= 4 is 17.5 Å². The maximum Gasteiger partial charge on any atom is 0.165 e. The molecule has 0 aliphatic carbocycles. The second kappa shape index (κ2) is 5.31. The number of ketones is 1. The summed E-state index contributed by atoms with van der Waals surface area (Å²) in [5, 5.41) is 0. The molecule has 0 radical (unpaired) electrons. The maximum atomic E-state index is 13.5. The Labute approximate surface area is 111 Å². The van der Waals surface area contributed by atoms with Crippen LogP contribution >= 0.6 is 11.8 Å². The van der Waals surface area contributed by atoms with E-state index in [0.717, 1.165) is 18.6 Å². The molecule has 0 aromatic heterocycles. The molecule has 1 atom stereocenters. The van der Waals surface area contributed by atoms with E-state index in [0.29, 0.717) is 12.0 Å². The fraction of sp³-hybridized carbons (Fsp3) is 0.500. The molecular weight excluding hydrogens is 251 g/mol. The van der Waals surface area contributed by atoms with Gasteiger partial charge in [-0.1, -0.05) is 6.07 Å². The van der Waals surface area contributed by atoms with Crippen LogP contribution in [-0.2, 0) is 11.2 Å². The number of rotatable bonds is 4. The summed E-state index contributed by atoms with van der Waals surface area (Å²) in [5.74, 6) is 1.04. The van der Waals surface area contributed by atoms with Crippen molar-refractivity contribution in [3.05, 3.63) is 29.6 Å². The Morgan fingerprint density at radius 3 is 2.89 bits per heavy atom. The van der Waals surface area contributed by atoms with Crippen LogP contribution < -0.4 is 4.74 Å². The number of benzene rings is 1. The van der Waals surface area contributed by atoms with Gasteiger partial charge in [0.15, 0.2) is 17.3 Å². The molecule has 4 heteroatoms. The number of hydrogen-bond donors (Lipinski definition) is 0. The number of halogens is 1. The van der Waals surface area contributed by atoms with Crippen molar-refractivity contribution in [3.63, 3.8) is 0 Å². The SMILES string of the molecule is COc1ccc(CC(=O)C2(C)CCCS2)cc1F. The minimum absolute atomic E-state index is 0.189. The van der Waals surface area contributed by atoms with E-state index in [1.54, 1.807) is 23.9 Å². The Hall–Kier alpha value is -1.03. The zero-order valence-corrected chi connectivity index (χ0v) is 11.5. The van der Waals surface area contributed by atoms with Crippen molar-refractivity contribution in [2.45, 2.75) is 30.9 Å². The highest BCUT2D eigenvalue weighted by Crippen LogP contribution is 2.39. The molecule has 18 heavy (non-hydrogen) atoms. The summed E-state index contributed by atoms with van der Waals surface area (Å²) in [6, 6.07) is 4.71. The third-order valence-corrected chi connectivity index (χ3v) is 4.95. The predicted octanol–water partition coefficient (Wildman–Crippen LogP) is 3.23. The van der Waals surface area contributed by atoms with Gasteiger partial charge in [-0.2, -0.15) is 0 Å². The lowest BCUT2D eigenvalue weighted by molar-refractivity contribution is -0.120. The van der Waals surface area contributed by atoms with Crippen LogP contribution in [0.4, 0.5) is 4.39 Å². The van der Waals surface area contributed by atoms with E-state index in [4.69, 9.17) is 4.74 Å². The van der Waals surface area contributed by atoms with Gasteiger partial charge in [0, 0.05) is 6.42 Å². The van der Waals surface area contributed by atoms with Crippen molar-refractivity contribution in [2.24, 2.45) is 0 Å². The molecule has 2 rings (SSSR count). The Bertz CT molecular complexity index is 453. The van der Waals surface area contributed by atoms with Gasteiger partial charge in [0.05, 0.1) is 11.9 Å². The van der Waals surface area contributed by atoms with Gasteiger partial charge in [0.25, 0.3) is 0 Å². The van der Waals surface area contributed by atoms with Gasteiger partial charge in [-0.3, -0.25) is 4.79 Å². The molecule has 0 bridgehead atoms. The van der Waals surface area contributed by atoms with Crippen LogP contribution in [-0.4, -0.2) is 23.4 Å². The molecule has 1 aliphatic heterocycles. The van der Waals surface area contributed by atoms with Crippen LogP contribution in [0, 0.1) is 5.82 Å². The predicted molar refractivity (Wildman–Crippen MR) is 71.8 cm³/mol. The standard InChI is InChI=1S/C14H17FO2S/c1-14(6-3-7-18-14)13(16)9-10-4-5-12(17-2)11(15)8-10/h4-5,8H,3,6-7,9H2,1-2H3. The van der Waals surface area contributed by atoms with Crippen LogP contribution in [0.5, 0.6) is 5.75 Å². The number of carbonyl (C=O) groups excluding carboxylic acids is 1. The molecule has 1 fully saturated rings. The molecule has 1 unspecified atom stereocenters. The van der Waals surface area contributed by atoms with Gasteiger partial charge in [-0.05, 0) is 43.2 Å². The highest BCUT2D eigenvalue weighted by atomic mass is 32.2. The van der Waals surface area contributed by atoms with Crippen molar-refractivity contribution in [1.29, 1.82) is 0 Å². The first-order chi connectivity index (χ1) is 8.55.